The molecule has 3 nitrogen and oxygen atoms in total. The van der Waals surface area contributed by atoms with Gasteiger partial charge in [0.15, 0.2) is 5.78 Å². The van der Waals surface area contributed by atoms with Crippen LogP contribution in [0, 0.1) is 5.92 Å². The van der Waals surface area contributed by atoms with Gasteiger partial charge in [0.1, 0.15) is 0 Å². The number of hydrogen-bond donors (Lipinski definition) is 2. The first-order valence-corrected chi connectivity index (χ1v) is 4.48. The minimum absolute atomic E-state index is 0.0600. The molecule has 12 heavy (non-hydrogen) atoms. The third-order valence-electron chi connectivity index (χ3n) is 1.68. The van der Waals surface area contributed by atoms with Crippen LogP contribution < -0.4 is 11.1 Å². The monoisotopic (exact) mass is 172 g/mol. The van der Waals surface area contributed by atoms with Gasteiger partial charge in [-0.15, -0.1) is 0 Å². The molecule has 1 atom stereocenters. The Balaban J connectivity index is 4.06. The molecule has 0 aromatic rings. The Bertz CT molecular complexity index is 143. The molecule has 72 valence electrons. The molecule has 0 aromatic heterocycles. The van der Waals surface area contributed by atoms with Crippen molar-refractivity contribution in [2.75, 3.05) is 6.54 Å². The Morgan fingerprint density at radius 2 is 1.83 bits per heavy atom. The van der Waals surface area contributed by atoms with Crippen molar-refractivity contribution in [3.8, 4) is 0 Å². The summed E-state index contributed by atoms with van der Waals surface area (Å²) in [6, 6.07) is 0.131. The van der Waals surface area contributed by atoms with E-state index in [1.807, 2.05) is 27.7 Å². The van der Waals surface area contributed by atoms with Crippen LogP contribution in [0.3, 0.4) is 0 Å². The van der Waals surface area contributed by atoms with E-state index in [-0.39, 0.29) is 17.7 Å². The fourth-order valence-corrected chi connectivity index (χ4v) is 1.07. The van der Waals surface area contributed by atoms with Gasteiger partial charge in [-0.05, 0) is 0 Å². The molecule has 0 unspecified atom stereocenters. The van der Waals surface area contributed by atoms with E-state index in [0.29, 0.717) is 12.6 Å². The minimum atomic E-state index is -0.176. The molecule has 3 N–H and O–H groups in total. The Morgan fingerprint density at radius 1 is 1.33 bits per heavy atom. The number of carbonyl (C=O) groups is 1. The molecular weight excluding hydrogens is 152 g/mol. The number of ketones is 1. The van der Waals surface area contributed by atoms with E-state index >= 15 is 0 Å². The predicted molar refractivity (Wildman–Crippen MR) is 51.0 cm³/mol. The lowest BCUT2D eigenvalue weighted by Gasteiger charge is -2.19. The lowest BCUT2D eigenvalue weighted by atomic mass is 10.0. The molecule has 0 saturated carbocycles. The van der Waals surface area contributed by atoms with E-state index in [0.717, 1.165) is 0 Å². The first-order chi connectivity index (χ1) is 5.49. The summed E-state index contributed by atoms with van der Waals surface area (Å²) in [6.45, 7) is 8.20. The van der Waals surface area contributed by atoms with Crippen LogP contribution in [0.1, 0.15) is 27.7 Å². The molecule has 0 spiro atoms. The van der Waals surface area contributed by atoms with Gasteiger partial charge >= 0.3 is 0 Å². The summed E-state index contributed by atoms with van der Waals surface area (Å²) in [7, 11) is 0. The van der Waals surface area contributed by atoms with Gasteiger partial charge in [0.2, 0.25) is 0 Å². The maximum Gasteiger partial charge on any atom is 0.153 e. The van der Waals surface area contributed by atoms with Crippen molar-refractivity contribution >= 4 is 5.78 Å². The number of Topliss-reactive ketones (excluding diaryl/α,β-unsaturated/α-hetero) is 1. The molecule has 0 aromatic carbocycles. The summed E-state index contributed by atoms with van der Waals surface area (Å²) in [4.78, 5) is 11.5. The van der Waals surface area contributed by atoms with Crippen molar-refractivity contribution < 1.29 is 4.79 Å². The van der Waals surface area contributed by atoms with Crippen LogP contribution in [0.2, 0.25) is 0 Å². The van der Waals surface area contributed by atoms with Crippen LogP contribution in [0.5, 0.6) is 0 Å². The zero-order valence-electron chi connectivity index (χ0n) is 8.42. The Kier molecular flexibility index (Phi) is 5.09. The molecule has 0 bridgehead atoms. The quantitative estimate of drug-likeness (QED) is 0.636. The van der Waals surface area contributed by atoms with Crippen molar-refractivity contribution in [3.63, 3.8) is 0 Å². The molecule has 0 rings (SSSR count). The van der Waals surface area contributed by atoms with E-state index in [1.54, 1.807) is 0 Å². The normalized spacial score (nSPS) is 13.9. The van der Waals surface area contributed by atoms with Crippen LogP contribution in [-0.2, 0) is 4.79 Å². The maximum absolute atomic E-state index is 11.5. The molecule has 3 heteroatoms. The third kappa shape index (κ3) is 3.83. The van der Waals surface area contributed by atoms with E-state index in [9.17, 15) is 4.79 Å². The summed E-state index contributed by atoms with van der Waals surface area (Å²) in [5.74, 6) is 0.260. The van der Waals surface area contributed by atoms with Gasteiger partial charge < -0.3 is 11.1 Å². The maximum atomic E-state index is 11.5. The minimum Gasteiger partial charge on any atom is -0.328 e. The summed E-state index contributed by atoms with van der Waals surface area (Å²) in [5.41, 5.74) is 5.48. The highest BCUT2D eigenvalue weighted by atomic mass is 16.1. The fourth-order valence-electron chi connectivity index (χ4n) is 1.07. The van der Waals surface area contributed by atoms with Gasteiger partial charge in [0.05, 0.1) is 6.04 Å². The first-order valence-electron chi connectivity index (χ1n) is 4.48. The summed E-state index contributed by atoms with van der Waals surface area (Å²) < 4.78 is 0. The lowest BCUT2D eigenvalue weighted by molar-refractivity contribution is -0.123. The standard InChI is InChI=1S/C9H20N2O/c1-6(2)9(12)8(5-10)11-7(3)4/h6-8,11H,5,10H2,1-4H3/t8-/m0/s1. The van der Waals surface area contributed by atoms with Gasteiger partial charge in [-0.3, -0.25) is 4.79 Å². The molecule has 0 amide bonds. The van der Waals surface area contributed by atoms with Crippen molar-refractivity contribution in [2.24, 2.45) is 11.7 Å². The molecular formula is C9H20N2O. The molecule has 0 aliphatic carbocycles. The van der Waals surface area contributed by atoms with Crippen LogP contribution in [0.15, 0.2) is 0 Å². The van der Waals surface area contributed by atoms with Crippen molar-refractivity contribution in [3.05, 3.63) is 0 Å². The number of carbonyl (C=O) groups excluding carboxylic acids is 1. The van der Waals surface area contributed by atoms with Crippen molar-refractivity contribution in [1.29, 1.82) is 0 Å². The smallest absolute Gasteiger partial charge is 0.153 e. The summed E-state index contributed by atoms with van der Waals surface area (Å²) in [5, 5.41) is 3.14. The zero-order valence-corrected chi connectivity index (χ0v) is 8.42. The SMILES string of the molecule is CC(C)N[C@@H](CN)C(=O)C(C)C. The van der Waals surface area contributed by atoms with E-state index < -0.39 is 0 Å². The van der Waals surface area contributed by atoms with Crippen LogP contribution in [0.4, 0.5) is 0 Å². The molecule has 0 radical (unpaired) electrons. The van der Waals surface area contributed by atoms with Gasteiger partial charge in [-0.2, -0.15) is 0 Å². The van der Waals surface area contributed by atoms with Gasteiger partial charge in [0.25, 0.3) is 0 Å². The average molecular weight is 172 g/mol. The Morgan fingerprint density at radius 3 is 2.08 bits per heavy atom. The largest absolute Gasteiger partial charge is 0.328 e. The molecule has 0 saturated heterocycles. The number of rotatable bonds is 5. The predicted octanol–water partition coefficient (Wildman–Crippen LogP) is 0.537. The lowest BCUT2D eigenvalue weighted by Crippen LogP contribution is -2.47. The Hall–Kier alpha value is -0.410. The van der Waals surface area contributed by atoms with Crippen LogP contribution >= 0.6 is 0 Å². The van der Waals surface area contributed by atoms with E-state index in [4.69, 9.17) is 5.73 Å². The third-order valence-corrected chi connectivity index (χ3v) is 1.68. The van der Waals surface area contributed by atoms with Gasteiger partial charge in [0, 0.05) is 18.5 Å². The fraction of sp³-hybridized carbons (Fsp3) is 0.889. The molecule has 0 fully saturated rings. The second-order valence-electron chi connectivity index (χ2n) is 3.67. The Labute approximate surface area is 74.7 Å². The highest BCUT2D eigenvalue weighted by Crippen LogP contribution is 1.99. The van der Waals surface area contributed by atoms with Crippen LogP contribution in [0.25, 0.3) is 0 Å². The van der Waals surface area contributed by atoms with Gasteiger partial charge in [-0.1, -0.05) is 27.7 Å². The van der Waals surface area contributed by atoms with Crippen LogP contribution in [-0.4, -0.2) is 24.4 Å². The topological polar surface area (TPSA) is 55.1 Å². The summed E-state index contributed by atoms with van der Waals surface area (Å²) >= 11 is 0. The highest BCUT2D eigenvalue weighted by molar-refractivity contribution is 5.85. The number of nitrogens with two attached hydrogens (primary N) is 1. The molecule has 0 heterocycles. The van der Waals surface area contributed by atoms with Crippen molar-refractivity contribution in [2.45, 2.75) is 39.8 Å². The zero-order chi connectivity index (χ0) is 9.72. The second-order valence-corrected chi connectivity index (χ2v) is 3.67. The van der Waals surface area contributed by atoms with E-state index in [1.165, 1.54) is 0 Å². The molecule has 0 aliphatic heterocycles. The van der Waals surface area contributed by atoms with Gasteiger partial charge in [-0.25, -0.2) is 0 Å². The second kappa shape index (κ2) is 5.27. The van der Waals surface area contributed by atoms with Crippen molar-refractivity contribution in [1.82, 2.24) is 5.32 Å². The van der Waals surface area contributed by atoms with E-state index in [2.05, 4.69) is 5.32 Å². The number of hydrogen-bond acceptors (Lipinski definition) is 3. The average Bonchev–Trinajstić information content (AvgIpc) is 1.98. The highest BCUT2D eigenvalue weighted by Gasteiger charge is 2.19. The number of nitrogens with one attached hydrogen (secondary N) is 1. The molecule has 0 aliphatic rings. The summed E-state index contributed by atoms with van der Waals surface area (Å²) in [6.07, 6.45) is 0. The first kappa shape index (κ1) is 11.6.